The summed E-state index contributed by atoms with van der Waals surface area (Å²) in [4.78, 5) is 4.49. The summed E-state index contributed by atoms with van der Waals surface area (Å²) >= 11 is 0. The fourth-order valence-corrected chi connectivity index (χ4v) is 2.85. The third kappa shape index (κ3) is 3.30. The van der Waals surface area contributed by atoms with Crippen molar-refractivity contribution in [1.82, 2.24) is 10.1 Å². The summed E-state index contributed by atoms with van der Waals surface area (Å²) in [5.41, 5.74) is 0.0580. The van der Waals surface area contributed by atoms with Crippen LogP contribution in [0.15, 0.2) is 34.9 Å². The molecule has 0 amide bonds. The van der Waals surface area contributed by atoms with E-state index in [0.717, 1.165) is 24.6 Å². The van der Waals surface area contributed by atoms with Crippen molar-refractivity contribution >= 4 is 0 Å². The van der Waals surface area contributed by atoms with Crippen LogP contribution in [0.4, 0.5) is 0 Å². The first-order chi connectivity index (χ1) is 10.5. The molecule has 0 N–H and O–H groups in total. The first kappa shape index (κ1) is 15.0. The number of para-hydroxylation sites is 1. The lowest BCUT2D eigenvalue weighted by Gasteiger charge is -2.29. The van der Waals surface area contributed by atoms with Gasteiger partial charge in [0.1, 0.15) is 5.75 Å². The average molecular weight is 302 g/mol. The molecule has 22 heavy (non-hydrogen) atoms. The molecule has 3 rings (SSSR count). The van der Waals surface area contributed by atoms with Crippen LogP contribution in [0, 0.1) is 5.41 Å². The highest BCUT2D eigenvalue weighted by Crippen LogP contribution is 2.39. The summed E-state index contributed by atoms with van der Waals surface area (Å²) in [6, 6.07) is 9.61. The van der Waals surface area contributed by atoms with E-state index in [1.165, 1.54) is 0 Å². The van der Waals surface area contributed by atoms with Gasteiger partial charge in [0, 0.05) is 6.61 Å². The molecule has 2 heterocycles. The minimum Gasteiger partial charge on any atom is -0.484 e. The fourth-order valence-electron chi connectivity index (χ4n) is 2.85. The largest absolute Gasteiger partial charge is 0.484 e. The first-order valence-electron chi connectivity index (χ1n) is 7.66. The first-order valence-corrected chi connectivity index (χ1v) is 7.66. The van der Waals surface area contributed by atoms with Crippen LogP contribution in [0.3, 0.4) is 0 Å². The second-order valence-corrected chi connectivity index (χ2v) is 6.70. The van der Waals surface area contributed by atoms with Crippen molar-refractivity contribution in [3.8, 4) is 5.75 Å². The Morgan fingerprint density at radius 1 is 1.23 bits per heavy atom. The zero-order chi connectivity index (χ0) is 15.6. The van der Waals surface area contributed by atoms with Crippen LogP contribution < -0.4 is 4.74 Å². The normalized spacial score (nSPS) is 22.0. The van der Waals surface area contributed by atoms with Gasteiger partial charge in [0.15, 0.2) is 12.4 Å². The summed E-state index contributed by atoms with van der Waals surface area (Å²) in [6.45, 7) is 7.56. The smallest absolute Gasteiger partial charge is 0.264 e. The summed E-state index contributed by atoms with van der Waals surface area (Å²) in [6.07, 6.45) is 1.05. The van der Waals surface area contributed by atoms with E-state index in [1.807, 2.05) is 30.3 Å². The molecule has 118 valence electrons. The van der Waals surface area contributed by atoms with E-state index in [2.05, 4.69) is 30.9 Å². The zero-order valence-corrected chi connectivity index (χ0v) is 13.3. The maximum Gasteiger partial charge on any atom is 0.264 e. The molecule has 0 unspecified atom stereocenters. The van der Waals surface area contributed by atoms with Gasteiger partial charge in [0.05, 0.1) is 12.0 Å². The molecule has 0 spiro atoms. The average Bonchev–Trinajstić information content (AvgIpc) is 3.14. The number of nitrogens with zero attached hydrogens (tertiary/aromatic N) is 2. The monoisotopic (exact) mass is 302 g/mol. The van der Waals surface area contributed by atoms with Crippen LogP contribution in [-0.2, 0) is 11.3 Å². The SMILES string of the molecule is CC(C)(C)[C@H]1OCC[C@@H]1c1noc(COc2ccccc2)n1. The molecule has 1 saturated heterocycles. The Labute approximate surface area is 130 Å². The van der Waals surface area contributed by atoms with Crippen LogP contribution in [0.2, 0.25) is 0 Å². The Balaban J connectivity index is 1.66. The second kappa shape index (κ2) is 6.08. The third-order valence-corrected chi connectivity index (χ3v) is 3.87. The molecular weight excluding hydrogens is 280 g/mol. The molecule has 5 nitrogen and oxygen atoms in total. The Hall–Kier alpha value is -1.88. The van der Waals surface area contributed by atoms with Crippen molar-refractivity contribution in [3.63, 3.8) is 0 Å². The number of ether oxygens (including phenoxy) is 2. The maximum absolute atomic E-state index is 5.87. The molecule has 0 aliphatic carbocycles. The standard InChI is InChI=1S/C17H22N2O3/c1-17(2,3)15-13(9-10-20-15)16-18-14(22-19-16)11-21-12-7-5-4-6-8-12/h4-8,13,15H,9-11H2,1-3H3/t13-,15-/m0/s1. The van der Waals surface area contributed by atoms with Crippen molar-refractivity contribution in [3.05, 3.63) is 42.0 Å². The molecule has 2 aromatic rings. The van der Waals surface area contributed by atoms with Crippen molar-refractivity contribution in [2.75, 3.05) is 6.61 Å². The Morgan fingerprint density at radius 3 is 2.73 bits per heavy atom. The molecule has 5 heteroatoms. The van der Waals surface area contributed by atoms with Gasteiger partial charge < -0.3 is 14.0 Å². The number of hydrogen-bond donors (Lipinski definition) is 0. The minimum atomic E-state index is 0.0580. The van der Waals surface area contributed by atoms with E-state index in [9.17, 15) is 0 Å². The fraction of sp³-hybridized carbons (Fsp3) is 0.529. The highest BCUT2D eigenvalue weighted by Gasteiger charge is 2.40. The minimum absolute atomic E-state index is 0.0580. The van der Waals surface area contributed by atoms with Crippen LogP contribution >= 0.6 is 0 Å². The van der Waals surface area contributed by atoms with Gasteiger partial charge in [0.2, 0.25) is 0 Å². The molecule has 0 radical (unpaired) electrons. The van der Waals surface area contributed by atoms with Crippen LogP contribution in [0.25, 0.3) is 0 Å². The predicted octanol–water partition coefficient (Wildman–Crippen LogP) is 3.57. The maximum atomic E-state index is 5.87. The summed E-state index contributed by atoms with van der Waals surface area (Å²) in [7, 11) is 0. The molecule has 2 atom stereocenters. The van der Waals surface area contributed by atoms with Gasteiger partial charge in [-0.15, -0.1) is 0 Å². The zero-order valence-electron chi connectivity index (χ0n) is 13.3. The number of hydrogen-bond acceptors (Lipinski definition) is 5. The van der Waals surface area contributed by atoms with Crippen LogP contribution in [0.1, 0.15) is 44.8 Å². The van der Waals surface area contributed by atoms with Crippen molar-refractivity contribution in [2.24, 2.45) is 5.41 Å². The second-order valence-electron chi connectivity index (χ2n) is 6.70. The van der Waals surface area contributed by atoms with E-state index in [1.54, 1.807) is 0 Å². The topological polar surface area (TPSA) is 57.4 Å². The van der Waals surface area contributed by atoms with Gasteiger partial charge in [-0.1, -0.05) is 44.1 Å². The lowest BCUT2D eigenvalue weighted by atomic mass is 9.81. The highest BCUT2D eigenvalue weighted by atomic mass is 16.5. The molecule has 1 fully saturated rings. The van der Waals surface area contributed by atoms with E-state index in [-0.39, 0.29) is 24.0 Å². The van der Waals surface area contributed by atoms with Crippen LogP contribution in [0.5, 0.6) is 5.75 Å². The van der Waals surface area contributed by atoms with Gasteiger partial charge in [-0.2, -0.15) is 4.98 Å². The predicted molar refractivity (Wildman–Crippen MR) is 81.6 cm³/mol. The molecule has 1 aromatic carbocycles. The van der Waals surface area contributed by atoms with Gasteiger partial charge in [0.25, 0.3) is 5.89 Å². The molecule has 1 aliphatic rings. The van der Waals surface area contributed by atoms with Crippen molar-refractivity contribution < 1.29 is 14.0 Å². The molecule has 1 aromatic heterocycles. The molecule has 0 saturated carbocycles. The van der Waals surface area contributed by atoms with Gasteiger partial charge in [-0.05, 0) is 24.0 Å². The number of benzene rings is 1. The number of aromatic nitrogens is 2. The van der Waals surface area contributed by atoms with Crippen LogP contribution in [-0.4, -0.2) is 22.9 Å². The van der Waals surface area contributed by atoms with E-state index in [0.29, 0.717) is 5.89 Å². The number of rotatable bonds is 4. The Morgan fingerprint density at radius 2 is 2.00 bits per heavy atom. The molecular formula is C17H22N2O3. The van der Waals surface area contributed by atoms with Crippen molar-refractivity contribution in [1.29, 1.82) is 0 Å². The summed E-state index contributed by atoms with van der Waals surface area (Å²) < 4.78 is 16.8. The summed E-state index contributed by atoms with van der Waals surface area (Å²) in [5, 5.41) is 4.13. The highest BCUT2D eigenvalue weighted by molar-refractivity contribution is 5.20. The van der Waals surface area contributed by atoms with Gasteiger partial charge in [-0.25, -0.2) is 0 Å². The Bertz CT molecular complexity index is 604. The third-order valence-electron chi connectivity index (χ3n) is 3.87. The lowest BCUT2D eigenvalue weighted by Crippen LogP contribution is -2.30. The summed E-state index contributed by atoms with van der Waals surface area (Å²) in [5.74, 6) is 2.20. The van der Waals surface area contributed by atoms with Crippen molar-refractivity contribution in [2.45, 2.75) is 45.8 Å². The molecule has 1 aliphatic heterocycles. The van der Waals surface area contributed by atoms with Gasteiger partial charge >= 0.3 is 0 Å². The van der Waals surface area contributed by atoms with Gasteiger partial charge in [-0.3, -0.25) is 0 Å². The molecule has 0 bridgehead atoms. The Kier molecular flexibility index (Phi) is 4.16. The quantitative estimate of drug-likeness (QED) is 0.864. The lowest BCUT2D eigenvalue weighted by molar-refractivity contribution is 0.0193. The van der Waals surface area contributed by atoms with E-state index in [4.69, 9.17) is 14.0 Å². The van der Waals surface area contributed by atoms with E-state index < -0.39 is 0 Å². The van der Waals surface area contributed by atoms with E-state index >= 15 is 0 Å².